The van der Waals surface area contributed by atoms with Crippen LogP contribution in [0.25, 0.3) is 0 Å². The van der Waals surface area contributed by atoms with Gasteiger partial charge >= 0.3 is 6.18 Å². The normalized spacial score (nSPS) is 25.6. The fourth-order valence-corrected chi connectivity index (χ4v) is 3.64. The van der Waals surface area contributed by atoms with Crippen molar-refractivity contribution in [1.82, 2.24) is 4.90 Å². The Morgan fingerprint density at radius 3 is 2.04 bits per heavy atom. The highest BCUT2D eigenvalue weighted by Crippen LogP contribution is 2.35. The molecule has 2 N–H and O–H groups in total. The molecule has 1 amide bonds. The molecule has 0 saturated carbocycles. The summed E-state index contributed by atoms with van der Waals surface area (Å²) in [5, 5.41) is 16.7. The molecule has 1 aromatic carbocycles. The van der Waals surface area contributed by atoms with Gasteiger partial charge in [-0.25, -0.2) is 0 Å². The molecule has 2 saturated heterocycles. The van der Waals surface area contributed by atoms with Crippen LogP contribution in [-0.4, -0.2) is 45.7 Å². The lowest BCUT2D eigenvalue weighted by Gasteiger charge is -2.47. The fraction of sp³-hybridized carbons (Fsp3) is 0.529. The first-order valence-electron chi connectivity index (χ1n) is 8.03. The molecule has 1 aromatic rings. The number of hydrogen-bond donors (Lipinski definition) is 2. The minimum Gasteiger partial charge on any atom is -0.483 e. The fourth-order valence-electron chi connectivity index (χ4n) is 3.64. The Kier molecular flexibility index (Phi) is 6.05. The van der Waals surface area contributed by atoms with Crippen LogP contribution in [-0.2, 0) is 11.0 Å². The van der Waals surface area contributed by atoms with Gasteiger partial charge in [0.1, 0.15) is 0 Å². The molecule has 138 valence electrons. The van der Waals surface area contributed by atoms with Gasteiger partial charge in [0.25, 0.3) is 12.4 Å². The van der Waals surface area contributed by atoms with Gasteiger partial charge < -0.3 is 15.1 Å². The summed E-state index contributed by atoms with van der Waals surface area (Å²) >= 11 is 0. The first-order valence-corrected chi connectivity index (χ1v) is 8.03. The Labute approximate surface area is 143 Å². The number of piperidine rings is 2. The number of carbonyl (C=O) groups is 2. The molecule has 2 fully saturated rings. The predicted molar refractivity (Wildman–Crippen MR) is 83.0 cm³/mol. The summed E-state index contributed by atoms with van der Waals surface area (Å²) in [4.78, 5) is 22.8. The van der Waals surface area contributed by atoms with Gasteiger partial charge in [-0.2, -0.15) is 13.2 Å². The van der Waals surface area contributed by atoms with E-state index >= 15 is 0 Å². The molecule has 1 unspecified atom stereocenters. The number of nitrogens with zero attached hydrogens (tertiary/aromatic N) is 1. The average molecular weight is 359 g/mol. The van der Waals surface area contributed by atoms with Crippen molar-refractivity contribution in [3.8, 4) is 0 Å². The van der Waals surface area contributed by atoms with E-state index in [2.05, 4.69) is 0 Å². The van der Waals surface area contributed by atoms with E-state index in [0.29, 0.717) is 12.8 Å². The smallest absolute Gasteiger partial charge is 0.416 e. The van der Waals surface area contributed by atoms with Gasteiger partial charge in [0, 0.05) is 17.6 Å². The van der Waals surface area contributed by atoms with Crippen molar-refractivity contribution in [2.45, 2.75) is 56.5 Å². The summed E-state index contributed by atoms with van der Waals surface area (Å²) in [5.41, 5.74) is -0.473. The zero-order chi connectivity index (χ0) is 18.6. The number of benzene rings is 1. The summed E-state index contributed by atoms with van der Waals surface area (Å²) in [6.45, 7) is -0.250. The second kappa shape index (κ2) is 7.86. The van der Waals surface area contributed by atoms with Crippen LogP contribution < -0.4 is 0 Å². The summed E-state index contributed by atoms with van der Waals surface area (Å²) in [6.07, 6.45) is -0.940. The third-order valence-corrected chi connectivity index (χ3v) is 4.64. The highest BCUT2D eigenvalue weighted by Gasteiger charge is 2.40. The molecule has 8 heteroatoms. The van der Waals surface area contributed by atoms with Gasteiger partial charge in [0.2, 0.25) is 0 Å². The molecule has 0 aliphatic carbocycles. The molecular formula is C17H20F3NO4. The third-order valence-electron chi connectivity index (χ3n) is 4.64. The topological polar surface area (TPSA) is 77.8 Å². The van der Waals surface area contributed by atoms with E-state index in [1.165, 1.54) is 12.1 Å². The lowest BCUT2D eigenvalue weighted by Crippen LogP contribution is -2.55. The minimum atomic E-state index is -4.40. The Bertz CT molecular complexity index is 589. The second-order valence-corrected chi connectivity index (χ2v) is 6.26. The molecule has 25 heavy (non-hydrogen) atoms. The Morgan fingerprint density at radius 2 is 1.60 bits per heavy atom. The maximum absolute atomic E-state index is 12.6. The maximum Gasteiger partial charge on any atom is 0.416 e. The number of carbonyl (C=O) groups excluding carboxylic acids is 1. The van der Waals surface area contributed by atoms with Gasteiger partial charge in [-0.05, 0) is 56.4 Å². The number of amides is 1. The number of alkyl halides is 3. The lowest BCUT2D eigenvalue weighted by atomic mass is 9.82. The summed E-state index contributed by atoms with van der Waals surface area (Å²) in [5.74, 6) is -0.227. The third kappa shape index (κ3) is 4.50. The van der Waals surface area contributed by atoms with Crippen LogP contribution in [0, 0.1) is 0 Å². The zero-order valence-corrected chi connectivity index (χ0v) is 13.4. The highest BCUT2D eigenvalue weighted by atomic mass is 19.4. The summed E-state index contributed by atoms with van der Waals surface area (Å²) < 4.78 is 37.7. The monoisotopic (exact) mass is 359 g/mol. The van der Waals surface area contributed by atoms with Crippen molar-refractivity contribution in [2.24, 2.45) is 0 Å². The van der Waals surface area contributed by atoms with Crippen molar-refractivity contribution in [3.05, 3.63) is 35.4 Å². The molecule has 3 atom stereocenters. The van der Waals surface area contributed by atoms with Crippen LogP contribution in [0.15, 0.2) is 24.3 Å². The van der Waals surface area contributed by atoms with Gasteiger partial charge in [-0.15, -0.1) is 0 Å². The number of aliphatic hydroxyl groups excluding tert-OH is 1. The summed E-state index contributed by atoms with van der Waals surface area (Å²) in [7, 11) is 0. The van der Waals surface area contributed by atoms with Crippen molar-refractivity contribution in [2.75, 3.05) is 0 Å². The molecule has 5 nitrogen and oxygen atoms in total. The molecule has 2 bridgehead atoms. The van der Waals surface area contributed by atoms with Gasteiger partial charge in [0.05, 0.1) is 11.7 Å². The number of rotatable bonds is 1. The first-order chi connectivity index (χ1) is 11.8. The van der Waals surface area contributed by atoms with E-state index in [0.717, 1.165) is 31.4 Å². The molecular weight excluding hydrogens is 339 g/mol. The van der Waals surface area contributed by atoms with E-state index in [4.69, 9.17) is 9.90 Å². The van der Waals surface area contributed by atoms with Gasteiger partial charge in [-0.3, -0.25) is 9.59 Å². The van der Waals surface area contributed by atoms with Crippen molar-refractivity contribution < 1.29 is 33.0 Å². The molecule has 2 aliphatic heterocycles. The first kappa shape index (κ1) is 19.2. The van der Waals surface area contributed by atoms with Crippen molar-refractivity contribution in [3.63, 3.8) is 0 Å². The SMILES string of the molecule is O=C(c1ccc(C(F)(F)F)cc1)N1[C@@H]2CCC[C@H]1CC(O)C2.O=CO. The number of halogens is 3. The van der Waals surface area contributed by atoms with E-state index in [1.54, 1.807) is 4.90 Å². The number of aliphatic hydroxyl groups is 1. The summed E-state index contributed by atoms with van der Waals surface area (Å²) in [6, 6.07) is 4.37. The van der Waals surface area contributed by atoms with E-state index in [1.807, 2.05) is 0 Å². The molecule has 2 aliphatic rings. The number of hydrogen-bond acceptors (Lipinski definition) is 3. The van der Waals surface area contributed by atoms with Crippen LogP contribution in [0.4, 0.5) is 13.2 Å². The highest BCUT2D eigenvalue weighted by molar-refractivity contribution is 5.94. The Morgan fingerprint density at radius 1 is 1.12 bits per heavy atom. The average Bonchev–Trinajstić information content (AvgIpc) is 2.53. The van der Waals surface area contributed by atoms with Gasteiger partial charge in [-0.1, -0.05) is 0 Å². The molecule has 0 radical (unpaired) electrons. The molecule has 2 heterocycles. The Hall–Kier alpha value is -2.09. The lowest BCUT2D eigenvalue weighted by molar-refractivity contribution is -0.137. The molecule has 3 rings (SSSR count). The van der Waals surface area contributed by atoms with Crippen LogP contribution in [0.5, 0.6) is 0 Å². The van der Waals surface area contributed by atoms with Crippen LogP contribution >= 0.6 is 0 Å². The van der Waals surface area contributed by atoms with E-state index in [9.17, 15) is 23.1 Å². The largest absolute Gasteiger partial charge is 0.483 e. The van der Waals surface area contributed by atoms with Crippen molar-refractivity contribution >= 4 is 12.4 Å². The maximum atomic E-state index is 12.6. The standard InChI is InChI=1S/C16H18F3NO2.CH2O2/c17-16(18,19)11-6-4-10(5-7-11)15(22)20-12-2-1-3-13(20)9-14(21)8-12;2-1-3/h4-7,12-14,21H,1-3,8-9H2;1H,(H,2,3)/t12-,13+,14?;. The number of fused-ring (bicyclic) bond motifs is 2. The molecule has 0 aromatic heterocycles. The quantitative estimate of drug-likeness (QED) is 0.756. The predicted octanol–water partition coefficient (Wildman–Crippen LogP) is 2.92. The zero-order valence-electron chi connectivity index (χ0n) is 13.4. The van der Waals surface area contributed by atoms with E-state index < -0.39 is 11.7 Å². The second-order valence-electron chi connectivity index (χ2n) is 6.26. The van der Waals surface area contributed by atoms with Crippen molar-refractivity contribution in [1.29, 1.82) is 0 Å². The minimum absolute atomic E-state index is 0.00251. The number of carboxylic acid groups (broad SMARTS) is 1. The van der Waals surface area contributed by atoms with Gasteiger partial charge in [0.15, 0.2) is 0 Å². The van der Waals surface area contributed by atoms with Crippen LogP contribution in [0.1, 0.15) is 48.0 Å². The van der Waals surface area contributed by atoms with Crippen LogP contribution in [0.2, 0.25) is 0 Å². The van der Waals surface area contributed by atoms with E-state index in [-0.39, 0.29) is 36.1 Å². The molecule has 0 spiro atoms. The Balaban J connectivity index is 0.000000701. The van der Waals surface area contributed by atoms with Crippen LogP contribution in [0.3, 0.4) is 0 Å².